The summed E-state index contributed by atoms with van der Waals surface area (Å²) >= 11 is 0. The molecule has 3 N–H and O–H groups in total. The van der Waals surface area contributed by atoms with Crippen molar-refractivity contribution in [2.45, 2.75) is 13.1 Å². The average Bonchev–Trinajstić information content (AvgIpc) is 1.85. The lowest BCUT2D eigenvalue weighted by Gasteiger charge is -2.11. The molecule has 2 amide bonds. The van der Waals surface area contributed by atoms with Crippen molar-refractivity contribution in [3.8, 4) is 0 Å². The minimum Gasteiger partial charge on any atom is -0.465 e. The summed E-state index contributed by atoms with van der Waals surface area (Å²) in [4.78, 5) is 20.4. The van der Waals surface area contributed by atoms with Gasteiger partial charge < -0.3 is 20.5 Å². The summed E-state index contributed by atoms with van der Waals surface area (Å²) in [6.45, 7) is 1.48. The van der Waals surface area contributed by atoms with Gasteiger partial charge in [-0.3, -0.25) is 0 Å². The Morgan fingerprint density at radius 1 is 1.45 bits per heavy atom. The SMILES string of the molecule is COC(=O)NC(C)NC(=O)O. The van der Waals surface area contributed by atoms with Gasteiger partial charge >= 0.3 is 12.2 Å². The highest BCUT2D eigenvalue weighted by Gasteiger charge is 2.07. The number of hydrogen-bond acceptors (Lipinski definition) is 3. The van der Waals surface area contributed by atoms with Gasteiger partial charge in [-0.2, -0.15) is 0 Å². The number of nitrogens with one attached hydrogen (secondary N) is 2. The Morgan fingerprint density at radius 3 is 2.36 bits per heavy atom. The van der Waals surface area contributed by atoms with E-state index >= 15 is 0 Å². The summed E-state index contributed by atoms with van der Waals surface area (Å²) in [6.07, 6.45) is -2.53. The molecule has 0 saturated heterocycles. The molecule has 0 rings (SSSR count). The van der Waals surface area contributed by atoms with Crippen LogP contribution in [-0.4, -0.2) is 30.6 Å². The molecule has 0 heterocycles. The Morgan fingerprint density at radius 2 is 2.00 bits per heavy atom. The summed E-state index contributed by atoms with van der Waals surface area (Å²) in [5.74, 6) is 0. The zero-order valence-corrected chi connectivity index (χ0v) is 6.25. The molecule has 0 aromatic heterocycles. The fourth-order valence-corrected chi connectivity index (χ4v) is 0.457. The second kappa shape index (κ2) is 4.37. The Bertz CT molecular complexity index is 159. The van der Waals surface area contributed by atoms with Crippen molar-refractivity contribution in [1.29, 1.82) is 0 Å². The maximum absolute atomic E-state index is 10.4. The second-order valence-electron chi connectivity index (χ2n) is 1.81. The number of rotatable bonds is 2. The second-order valence-corrected chi connectivity index (χ2v) is 1.81. The smallest absolute Gasteiger partial charge is 0.408 e. The quantitative estimate of drug-likeness (QED) is 0.497. The molecule has 0 radical (unpaired) electrons. The summed E-state index contributed by atoms with van der Waals surface area (Å²) in [6, 6.07) is 0. The fraction of sp³-hybridized carbons (Fsp3) is 0.600. The van der Waals surface area contributed by atoms with E-state index in [1.54, 1.807) is 0 Å². The summed E-state index contributed by atoms with van der Waals surface area (Å²) in [7, 11) is 1.20. The highest BCUT2D eigenvalue weighted by Crippen LogP contribution is 1.77. The predicted molar refractivity (Wildman–Crippen MR) is 36.2 cm³/mol. The molecule has 0 aromatic carbocycles. The number of amides is 2. The van der Waals surface area contributed by atoms with E-state index in [-0.39, 0.29) is 0 Å². The highest BCUT2D eigenvalue weighted by atomic mass is 16.5. The highest BCUT2D eigenvalue weighted by molar-refractivity contribution is 5.69. The number of carbonyl (C=O) groups is 2. The van der Waals surface area contributed by atoms with Crippen LogP contribution in [0.5, 0.6) is 0 Å². The molecule has 0 aliphatic heterocycles. The van der Waals surface area contributed by atoms with Crippen molar-refractivity contribution in [2.24, 2.45) is 0 Å². The average molecular weight is 162 g/mol. The van der Waals surface area contributed by atoms with Crippen LogP contribution < -0.4 is 10.6 Å². The predicted octanol–water partition coefficient (Wildman–Crippen LogP) is -0.0440. The number of alkyl carbamates (subject to hydrolysis) is 1. The molecule has 64 valence electrons. The molecule has 0 aliphatic rings. The van der Waals surface area contributed by atoms with Crippen LogP contribution >= 0.6 is 0 Å². The lowest BCUT2D eigenvalue weighted by Crippen LogP contribution is -2.45. The van der Waals surface area contributed by atoms with E-state index in [0.717, 1.165) is 0 Å². The minimum absolute atomic E-state index is 0.653. The van der Waals surface area contributed by atoms with Crippen LogP contribution in [-0.2, 0) is 4.74 Å². The van der Waals surface area contributed by atoms with Gasteiger partial charge in [0.2, 0.25) is 0 Å². The standard InChI is InChI=1S/C5H10N2O4/c1-3(6-4(8)9)7-5(10)11-2/h3,6H,1-2H3,(H,7,10)(H,8,9). The fourth-order valence-electron chi connectivity index (χ4n) is 0.457. The molecular formula is C5H10N2O4. The van der Waals surface area contributed by atoms with Crippen molar-refractivity contribution in [3.05, 3.63) is 0 Å². The molecule has 6 nitrogen and oxygen atoms in total. The van der Waals surface area contributed by atoms with Crippen LogP contribution in [0.25, 0.3) is 0 Å². The zero-order valence-electron chi connectivity index (χ0n) is 6.25. The van der Waals surface area contributed by atoms with Crippen molar-refractivity contribution >= 4 is 12.2 Å². The van der Waals surface area contributed by atoms with Gasteiger partial charge in [-0.15, -0.1) is 0 Å². The normalized spacial score (nSPS) is 11.5. The maximum atomic E-state index is 10.4. The van der Waals surface area contributed by atoms with E-state index in [0.29, 0.717) is 0 Å². The molecule has 0 fully saturated rings. The van der Waals surface area contributed by atoms with Crippen molar-refractivity contribution < 1.29 is 19.4 Å². The largest absolute Gasteiger partial charge is 0.465 e. The lowest BCUT2D eigenvalue weighted by atomic mass is 10.6. The van der Waals surface area contributed by atoms with Gasteiger partial charge in [-0.05, 0) is 6.92 Å². The van der Waals surface area contributed by atoms with Crippen LogP contribution in [0.2, 0.25) is 0 Å². The molecule has 6 heteroatoms. The van der Waals surface area contributed by atoms with Crippen LogP contribution in [0.3, 0.4) is 0 Å². The third-order valence-corrected chi connectivity index (χ3v) is 0.860. The van der Waals surface area contributed by atoms with Crippen LogP contribution in [0.1, 0.15) is 6.92 Å². The van der Waals surface area contributed by atoms with Crippen LogP contribution in [0, 0.1) is 0 Å². The van der Waals surface area contributed by atoms with Gasteiger partial charge in [-0.1, -0.05) is 0 Å². The molecule has 0 bridgehead atoms. The molecule has 0 aromatic rings. The van der Waals surface area contributed by atoms with E-state index in [1.807, 2.05) is 5.32 Å². The third-order valence-electron chi connectivity index (χ3n) is 0.860. The number of ether oxygens (including phenoxy) is 1. The van der Waals surface area contributed by atoms with E-state index in [2.05, 4.69) is 10.1 Å². The van der Waals surface area contributed by atoms with E-state index in [4.69, 9.17) is 5.11 Å². The van der Waals surface area contributed by atoms with Gasteiger partial charge in [-0.25, -0.2) is 9.59 Å². The summed E-state index contributed by atoms with van der Waals surface area (Å²) in [5.41, 5.74) is 0. The molecule has 11 heavy (non-hydrogen) atoms. The molecular weight excluding hydrogens is 152 g/mol. The number of carboxylic acid groups (broad SMARTS) is 1. The summed E-state index contributed by atoms with van der Waals surface area (Å²) in [5, 5.41) is 12.4. The third kappa shape index (κ3) is 5.01. The molecule has 0 saturated carbocycles. The lowest BCUT2D eigenvalue weighted by molar-refractivity contribution is 0.162. The first-order chi connectivity index (χ1) is 5.06. The Balaban J connectivity index is 3.60. The number of methoxy groups -OCH3 is 1. The molecule has 1 atom stereocenters. The molecule has 0 aliphatic carbocycles. The van der Waals surface area contributed by atoms with Gasteiger partial charge in [0.1, 0.15) is 6.17 Å². The maximum Gasteiger partial charge on any atom is 0.408 e. The first-order valence-electron chi connectivity index (χ1n) is 2.90. The number of carbonyl (C=O) groups excluding carboxylic acids is 1. The van der Waals surface area contributed by atoms with Crippen molar-refractivity contribution in [2.75, 3.05) is 7.11 Å². The van der Waals surface area contributed by atoms with E-state index in [1.165, 1.54) is 14.0 Å². The molecule has 0 spiro atoms. The van der Waals surface area contributed by atoms with Gasteiger partial charge in [0.05, 0.1) is 7.11 Å². The first-order valence-corrected chi connectivity index (χ1v) is 2.90. The number of hydrogen-bond donors (Lipinski definition) is 3. The Hall–Kier alpha value is -1.46. The summed E-state index contributed by atoms with van der Waals surface area (Å²) < 4.78 is 4.22. The molecule has 1 unspecified atom stereocenters. The first kappa shape index (κ1) is 9.54. The Labute approximate surface area is 63.5 Å². The monoisotopic (exact) mass is 162 g/mol. The zero-order chi connectivity index (χ0) is 8.85. The van der Waals surface area contributed by atoms with Crippen molar-refractivity contribution in [3.63, 3.8) is 0 Å². The van der Waals surface area contributed by atoms with Gasteiger partial charge in [0.15, 0.2) is 0 Å². The van der Waals surface area contributed by atoms with E-state index < -0.39 is 18.4 Å². The minimum atomic E-state index is -1.20. The van der Waals surface area contributed by atoms with E-state index in [9.17, 15) is 9.59 Å². The van der Waals surface area contributed by atoms with Crippen molar-refractivity contribution in [1.82, 2.24) is 10.6 Å². The topological polar surface area (TPSA) is 87.7 Å². The van der Waals surface area contributed by atoms with Gasteiger partial charge in [0, 0.05) is 0 Å². The Kier molecular flexibility index (Phi) is 3.79. The van der Waals surface area contributed by atoms with Gasteiger partial charge in [0.25, 0.3) is 0 Å². The van der Waals surface area contributed by atoms with Crippen LogP contribution in [0.4, 0.5) is 9.59 Å². The van der Waals surface area contributed by atoms with Crippen LogP contribution in [0.15, 0.2) is 0 Å².